The molecule has 1 N–H and O–H groups in total. The van der Waals surface area contributed by atoms with Crippen LogP contribution in [-0.4, -0.2) is 29.6 Å². The van der Waals surface area contributed by atoms with Crippen LogP contribution in [0.3, 0.4) is 0 Å². The standard InChI is InChI=1S/C12H13Cl2F3N2O/c13-7-11(1-3-20-4-2-11)19-10-9(14)5-8(6-18-10)12(15,16)17/h5-6H,1-4,7H2,(H,18,19). The molecule has 1 aromatic rings. The molecule has 0 atom stereocenters. The Kier molecular flexibility index (Phi) is 4.66. The molecule has 2 heterocycles. The normalized spacial score (nSPS) is 18.9. The average molecular weight is 329 g/mol. The second-order valence-corrected chi connectivity index (χ2v) is 5.38. The molecule has 112 valence electrons. The van der Waals surface area contributed by atoms with Gasteiger partial charge in [-0.2, -0.15) is 13.2 Å². The van der Waals surface area contributed by atoms with E-state index in [1.807, 2.05) is 0 Å². The Morgan fingerprint density at radius 1 is 1.35 bits per heavy atom. The molecule has 0 saturated carbocycles. The van der Waals surface area contributed by atoms with E-state index < -0.39 is 17.3 Å². The van der Waals surface area contributed by atoms with Crippen molar-refractivity contribution in [2.45, 2.75) is 24.6 Å². The second kappa shape index (κ2) is 5.95. The number of anilines is 1. The van der Waals surface area contributed by atoms with Crippen LogP contribution in [0.1, 0.15) is 18.4 Å². The van der Waals surface area contributed by atoms with E-state index in [4.69, 9.17) is 27.9 Å². The highest BCUT2D eigenvalue weighted by Gasteiger charge is 2.34. The molecule has 3 nitrogen and oxygen atoms in total. The van der Waals surface area contributed by atoms with Gasteiger partial charge in [0, 0.05) is 25.3 Å². The summed E-state index contributed by atoms with van der Waals surface area (Å²) in [6, 6.07) is 0.859. The monoisotopic (exact) mass is 328 g/mol. The minimum Gasteiger partial charge on any atom is -0.381 e. The van der Waals surface area contributed by atoms with Crippen molar-refractivity contribution in [2.75, 3.05) is 24.4 Å². The number of aromatic nitrogens is 1. The minimum atomic E-state index is -4.46. The topological polar surface area (TPSA) is 34.2 Å². The zero-order chi connectivity index (χ0) is 14.8. The lowest BCUT2D eigenvalue weighted by atomic mass is 9.92. The van der Waals surface area contributed by atoms with Crippen LogP contribution in [0.4, 0.5) is 19.0 Å². The third-order valence-electron chi connectivity index (χ3n) is 3.26. The van der Waals surface area contributed by atoms with Crippen molar-refractivity contribution >= 4 is 29.0 Å². The lowest BCUT2D eigenvalue weighted by Crippen LogP contribution is -2.45. The van der Waals surface area contributed by atoms with Gasteiger partial charge in [0.15, 0.2) is 0 Å². The van der Waals surface area contributed by atoms with Gasteiger partial charge < -0.3 is 10.1 Å². The number of alkyl halides is 4. The lowest BCUT2D eigenvalue weighted by Gasteiger charge is -2.37. The highest BCUT2D eigenvalue weighted by Crippen LogP contribution is 2.34. The number of ether oxygens (including phenoxy) is 1. The summed E-state index contributed by atoms with van der Waals surface area (Å²) in [5.74, 6) is 0.511. The Bertz CT molecular complexity index is 476. The van der Waals surface area contributed by atoms with E-state index >= 15 is 0 Å². The second-order valence-electron chi connectivity index (χ2n) is 4.70. The van der Waals surface area contributed by atoms with Gasteiger partial charge in [-0.1, -0.05) is 11.6 Å². The maximum atomic E-state index is 12.5. The quantitative estimate of drug-likeness (QED) is 0.853. The van der Waals surface area contributed by atoms with Gasteiger partial charge in [-0.05, 0) is 18.9 Å². The molecule has 0 aromatic carbocycles. The highest BCUT2D eigenvalue weighted by molar-refractivity contribution is 6.33. The molecule has 1 aliphatic rings. The first-order valence-corrected chi connectivity index (χ1v) is 6.92. The molecular weight excluding hydrogens is 316 g/mol. The van der Waals surface area contributed by atoms with Crippen molar-refractivity contribution in [2.24, 2.45) is 0 Å². The first-order valence-electron chi connectivity index (χ1n) is 6.01. The van der Waals surface area contributed by atoms with Crippen LogP contribution in [-0.2, 0) is 10.9 Å². The Morgan fingerprint density at radius 2 is 2.00 bits per heavy atom. The maximum Gasteiger partial charge on any atom is 0.417 e. The van der Waals surface area contributed by atoms with Crippen LogP contribution in [0.15, 0.2) is 12.3 Å². The number of hydrogen-bond acceptors (Lipinski definition) is 3. The molecule has 1 saturated heterocycles. The number of halogens is 5. The summed E-state index contributed by atoms with van der Waals surface area (Å²) in [6.07, 6.45) is -2.40. The molecule has 2 rings (SSSR count). The zero-order valence-corrected chi connectivity index (χ0v) is 11.9. The van der Waals surface area contributed by atoms with E-state index in [9.17, 15) is 13.2 Å². The van der Waals surface area contributed by atoms with Crippen LogP contribution in [0.5, 0.6) is 0 Å². The fourth-order valence-electron chi connectivity index (χ4n) is 1.99. The molecular formula is C12H13Cl2F3N2O. The number of hydrogen-bond donors (Lipinski definition) is 1. The largest absolute Gasteiger partial charge is 0.417 e. The number of nitrogens with zero attached hydrogens (tertiary/aromatic N) is 1. The van der Waals surface area contributed by atoms with Crippen molar-refractivity contribution < 1.29 is 17.9 Å². The van der Waals surface area contributed by atoms with E-state index in [1.54, 1.807) is 0 Å². The molecule has 1 aliphatic heterocycles. The van der Waals surface area contributed by atoms with Crippen LogP contribution in [0.2, 0.25) is 5.02 Å². The smallest absolute Gasteiger partial charge is 0.381 e. The van der Waals surface area contributed by atoms with Gasteiger partial charge in [0.25, 0.3) is 0 Å². The number of pyridine rings is 1. The summed E-state index contributed by atoms with van der Waals surface area (Å²) in [5.41, 5.74) is -1.32. The third-order valence-corrected chi connectivity index (χ3v) is 4.06. The van der Waals surface area contributed by atoms with Gasteiger partial charge in [0.05, 0.1) is 16.1 Å². The Morgan fingerprint density at radius 3 is 2.50 bits per heavy atom. The summed E-state index contributed by atoms with van der Waals surface area (Å²) in [4.78, 5) is 3.77. The van der Waals surface area contributed by atoms with Gasteiger partial charge in [0.1, 0.15) is 5.82 Å². The van der Waals surface area contributed by atoms with Crippen molar-refractivity contribution in [1.29, 1.82) is 0 Å². The number of rotatable bonds is 3. The summed E-state index contributed by atoms with van der Waals surface area (Å²) in [7, 11) is 0. The molecule has 1 aromatic heterocycles. The predicted molar refractivity (Wildman–Crippen MR) is 71.4 cm³/mol. The molecule has 0 amide bonds. The summed E-state index contributed by atoms with van der Waals surface area (Å²) < 4.78 is 42.9. The first-order chi connectivity index (χ1) is 9.36. The van der Waals surface area contributed by atoms with Crippen LogP contribution in [0.25, 0.3) is 0 Å². The molecule has 0 bridgehead atoms. The van der Waals surface area contributed by atoms with Crippen LogP contribution < -0.4 is 5.32 Å². The number of nitrogens with one attached hydrogen (secondary N) is 1. The maximum absolute atomic E-state index is 12.5. The molecule has 1 fully saturated rings. The van der Waals surface area contributed by atoms with Gasteiger partial charge >= 0.3 is 6.18 Å². The Hall–Kier alpha value is -0.720. The van der Waals surface area contributed by atoms with Crippen LogP contribution >= 0.6 is 23.2 Å². The Balaban J connectivity index is 2.21. The van der Waals surface area contributed by atoms with Crippen molar-refractivity contribution in [3.05, 3.63) is 22.8 Å². The molecule has 20 heavy (non-hydrogen) atoms. The molecule has 0 spiro atoms. The van der Waals surface area contributed by atoms with Crippen molar-refractivity contribution in [3.63, 3.8) is 0 Å². The van der Waals surface area contributed by atoms with Gasteiger partial charge in [-0.15, -0.1) is 11.6 Å². The molecule has 8 heteroatoms. The van der Waals surface area contributed by atoms with Crippen molar-refractivity contribution in [3.8, 4) is 0 Å². The van der Waals surface area contributed by atoms with Gasteiger partial charge in [-0.3, -0.25) is 0 Å². The van der Waals surface area contributed by atoms with E-state index in [0.717, 1.165) is 12.3 Å². The van der Waals surface area contributed by atoms with Gasteiger partial charge in [0.2, 0.25) is 0 Å². The average Bonchev–Trinajstić information content (AvgIpc) is 2.41. The first kappa shape index (κ1) is 15.7. The molecule has 0 radical (unpaired) electrons. The fraction of sp³-hybridized carbons (Fsp3) is 0.583. The lowest BCUT2D eigenvalue weighted by molar-refractivity contribution is -0.137. The van der Waals surface area contributed by atoms with E-state index in [0.29, 0.717) is 31.9 Å². The summed E-state index contributed by atoms with van der Waals surface area (Å²) >= 11 is 11.8. The zero-order valence-electron chi connectivity index (χ0n) is 10.4. The van der Waals surface area contributed by atoms with E-state index in [2.05, 4.69) is 10.3 Å². The third kappa shape index (κ3) is 3.48. The highest BCUT2D eigenvalue weighted by atomic mass is 35.5. The minimum absolute atomic E-state index is 0.0733. The fourth-order valence-corrected chi connectivity index (χ4v) is 2.54. The summed E-state index contributed by atoms with van der Waals surface area (Å²) in [5, 5.41) is 3.00. The predicted octanol–water partition coefficient (Wildman–Crippen LogP) is 3.95. The van der Waals surface area contributed by atoms with Crippen molar-refractivity contribution in [1.82, 2.24) is 4.98 Å². The van der Waals surface area contributed by atoms with E-state index in [-0.39, 0.29) is 10.8 Å². The Labute approximate surface area is 124 Å². The van der Waals surface area contributed by atoms with Crippen LogP contribution in [0, 0.1) is 0 Å². The van der Waals surface area contributed by atoms with Gasteiger partial charge in [-0.25, -0.2) is 4.98 Å². The summed E-state index contributed by atoms with van der Waals surface area (Å²) in [6.45, 7) is 1.08. The van der Waals surface area contributed by atoms with E-state index in [1.165, 1.54) is 0 Å². The SMILES string of the molecule is FC(F)(F)c1cnc(NC2(CCl)CCOCC2)c(Cl)c1. The molecule has 0 unspecified atom stereocenters. The molecule has 0 aliphatic carbocycles.